The lowest BCUT2D eigenvalue weighted by Gasteiger charge is -2.09. The molecule has 0 radical (unpaired) electrons. The minimum absolute atomic E-state index is 0.0301. The highest BCUT2D eigenvalue weighted by atomic mass is 32.2. The molecule has 2 aromatic rings. The standard InChI is InChI=1S/C17H16O3S/c1-21-15-8-6-13(7-9-15)16(18)12-2-4-14(5-3-12)17-19-10-11-20-17/h2-9,17H,10-11H2,1H3. The molecule has 0 saturated carbocycles. The maximum atomic E-state index is 12.4. The van der Waals surface area contributed by atoms with Gasteiger partial charge in [-0.15, -0.1) is 11.8 Å². The van der Waals surface area contributed by atoms with Crippen LogP contribution >= 0.6 is 11.8 Å². The average molecular weight is 300 g/mol. The summed E-state index contributed by atoms with van der Waals surface area (Å²) in [6.45, 7) is 1.24. The van der Waals surface area contributed by atoms with Crippen LogP contribution in [0.5, 0.6) is 0 Å². The number of rotatable bonds is 4. The Kier molecular flexibility index (Phi) is 4.39. The van der Waals surface area contributed by atoms with Crippen molar-refractivity contribution in [2.24, 2.45) is 0 Å². The zero-order valence-corrected chi connectivity index (χ0v) is 12.6. The summed E-state index contributed by atoms with van der Waals surface area (Å²) in [7, 11) is 0. The van der Waals surface area contributed by atoms with Gasteiger partial charge in [0, 0.05) is 21.6 Å². The van der Waals surface area contributed by atoms with Crippen molar-refractivity contribution in [1.82, 2.24) is 0 Å². The van der Waals surface area contributed by atoms with Crippen LogP contribution in [0, 0.1) is 0 Å². The molecule has 0 N–H and O–H groups in total. The second kappa shape index (κ2) is 6.43. The van der Waals surface area contributed by atoms with Crippen molar-refractivity contribution in [3.8, 4) is 0 Å². The summed E-state index contributed by atoms with van der Waals surface area (Å²) < 4.78 is 10.9. The zero-order chi connectivity index (χ0) is 14.7. The molecular formula is C17H16O3S. The van der Waals surface area contributed by atoms with Gasteiger partial charge in [0.05, 0.1) is 13.2 Å². The van der Waals surface area contributed by atoms with Crippen LogP contribution in [-0.2, 0) is 9.47 Å². The number of carbonyl (C=O) groups is 1. The second-order valence-corrected chi connectivity index (χ2v) is 5.63. The lowest BCUT2D eigenvalue weighted by atomic mass is 10.0. The van der Waals surface area contributed by atoms with Gasteiger partial charge in [-0.25, -0.2) is 0 Å². The lowest BCUT2D eigenvalue weighted by molar-refractivity contribution is -0.0441. The Labute approximate surface area is 128 Å². The first-order chi connectivity index (χ1) is 10.3. The highest BCUT2D eigenvalue weighted by Crippen LogP contribution is 2.24. The number of hydrogen-bond donors (Lipinski definition) is 0. The fraction of sp³-hybridized carbons (Fsp3) is 0.235. The molecule has 0 unspecified atom stereocenters. The number of hydrogen-bond acceptors (Lipinski definition) is 4. The molecule has 1 aliphatic heterocycles. The highest BCUT2D eigenvalue weighted by Gasteiger charge is 2.18. The summed E-state index contributed by atoms with van der Waals surface area (Å²) in [6, 6.07) is 15.1. The van der Waals surface area contributed by atoms with E-state index >= 15 is 0 Å². The van der Waals surface area contributed by atoms with Crippen molar-refractivity contribution < 1.29 is 14.3 Å². The maximum absolute atomic E-state index is 12.4. The van der Waals surface area contributed by atoms with Crippen LogP contribution in [0.1, 0.15) is 27.8 Å². The molecule has 0 bridgehead atoms. The number of thioether (sulfide) groups is 1. The van der Waals surface area contributed by atoms with Gasteiger partial charge < -0.3 is 9.47 Å². The van der Waals surface area contributed by atoms with E-state index in [4.69, 9.17) is 9.47 Å². The van der Waals surface area contributed by atoms with Crippen molar-refractivity contribution in [2.45, 2.75) is 11.2 Å². The summed E-state index contributed by atoms with van der Waals surface area (Å²) in [5.41, 5.74) is 2.32. The van der Waals surface area contributed by atoms with E-state index in [1.807, 2.05) is 54.8 Å². The largest absolute Gasteiger partial charge is 0.346 e. The smallest absolute Gasteiger partial charge is 0.193 e. The molecule has 0 atom stereocenters. The van der Waals surface area contributed by atoms with Crippen LogP contribution in [0.25, 0.3) is 0 Å². The Morgan fingerprint density at radius 2 is 1.48 bits per heavy atom. The van der Waals surface area contributed by atoms with Gasteiger partial charge >= 0.3 is 0 Å². The van der Waals surface area contributed by atoms with Crippen LogP contribution in [0.15, 0.2) is 53.4 Å². The van der Waals surface area contributed by atoms with Gasteiger partial charge in [-0.05, 0) is 30.5 Å². The third-order valence-electron chi connectivity index (χ3n) is 3.42. The van der Waals surface area contributed by atoms with Crippen LogP contribution in [0.2, 0.25) is 0 Å². The van der Waals surface area contributed by atoms with Crippen molar-refractivity contribution in [2.75, 3.05) is 19.5 Å². The van der Waals surface area contributed by atoms with E-state index < -0.39 is 0 Å². The lowest BCUT2D eigenvalue weighted by Crippen LogP contribution is -2.03. The van der Waals surface area contributed by atoms with Crippen molar-refractivity contribution in [1.29, 1.82) is 0 Å². The van der Waals surface area contributed by atoms with E-state index in [9.17, 15) is 4.79 Å². The van der Waals surface area contributed by atoms with Gasteiger partial charge in [0.1, 0.15) is 0 Å². The average Bonchev–Trinajstić information content (AvgIpc) is 3.09. The quantitative estimate of drug-likeness (QED) is 0.637. The Balaban J connectivity index is 1.77. The fourth-order valence-corrected chi connectivity index (χ4v) is 2.66. The number of carbonyl (C=O) groups excluding carboxylic acids is 1. The predicted molar refractivity (Wildman–Crippen MR) is 82.7 cm³/mol. The van der Waals surface area contributed by atoms with E-state index in [0.29, 0.717) is 24.3 Å². The molecule has 21 heavy (non-hydrogen) atoms. The van der Waals surface area contributed by atoms with Crippen LogP contribution < -0.4 is 0 Å². The van der Waals surface area contributed by atoms with Gasteiger partial charge in [-0.3, -0.25) is 4.79 Å². The van der Waals surface area contributed by atoms with Gasteiger partial charge in [-0.1, -0.05) is 24.3 Å². The summed E-state index contributed by atoms with van der Waals surface area (Å²) in [5.74, 6) is 0.0301. The second-order valence-electron chi connectivity index (χ2n) is 4.75. The molecular weight excluding hydrogens is 284 g/mol. The van der Waals surface area contributed by atoms with E-state index in [-0.39, 0.29) is 12.1 Å². The SMILES string of the molecule is CSc1ccc(C(=O)c2ccc(C3OCCO3)cc2)cc1. The van der Waals surface area contributed by atoms with Gasteiger partial charge in [0.25, 0.3) is 0 Å². The molecule has 1 saturated heterocycles. The molecule has 0 amide bonds. The summed E-state index contributed by atoms with van der Waals surface area (Å²) >= 11 is 1.66. The van der Waals surface area contributed by atoms with Crippen LogP contribution in [0.4, 0.5) is 0 Å². The van der Waals surface area contributed by atoms with Crippen molar-refractivity contribution >= 4 is 17.5 Å². The number of benzene rings is 2. The first kappa shape index (κ1) is 14.3. The number of ketones is 1. The molecule has 0 aromatic heterocycles. The van der Waals surface area contributed by atoms with Crippen molar-refractivity contribution in [3.05, 3.63) is 65.2 Å². The van der Waals surface area contributed by atoms with Gasteiger partial charge in [0.2, 0.25) is 0 Å². The van der Waals surface area contributed by atoms with E-state index in [0.717, 1.165) is 10.5 Å². The first-order valence-corrected chi connectivity index (χ1v) is 8.02. The molecule has 4 heteroatoms. The third-order valence-corrected chi connectivity index (χ3v) is 4.16. The summed E-state index contributed by atoms with van der Waals surface area (Å²) in [4.78, 5) is 13.6. The molecule has 0 spiro atoms. The third kappa shape index (κ3) is 3.18. The molecule has 1 fully saturated rings. The van der Waals surface area contributed by atoms with Gasteiger partial charge in [-0.2, -0.15) is 0 Å². The highest BCUT2D eigenvalue weighted by molar-refractivity contribution is 7.98. The summed E-state index contributed by atoms with van der Waals surface area (Å²) in [6.07, 6.45) is 1.72. The molecule has 0 aliphatic carbocycles. The topological polar surface area (TPSA) is 35.5 Å². The van der Waals surface area contributed by atoms with Crippen LogP contribution in [-0.4, -0.2) is 25.3 Å². The molecule has 1 heterocycles. The minimum Gasteiger partial charge on any atom is -0.346 e. The minimum atomic E-state index is -0.296. The Morgan fingerprint density at radius 3 is 2.00 bits per heavy atom. The normalized spacial score (nSPS) is 15.3. The number of ether oxygens (including phenoxy) is 2. The summed E-state index contributed by atoms with van der Waals surface area (Å²) in [5, 5.41) is 0. The predicted octanol–water partition coefficient (Wildman–Crippen LogP) is 3.68. The maximum Gasteiger partial charge on any atom is 0.193 e. The van der Waals surface area contributed by atoms with Gasteiger partial charge in [0.15, 0.2) is 12.1 Å². The molecule has 1 aliphatic rings. The first-order valence-electron chi connectivity index (χ1n) is 6.80. The fourth-order valence-electron chi connectivity index (χ4n) is 2.25. The molecule has 2 aromatic carbocycles. The monoisotopic (exact) mass is 300 g/mol. The Morgan fingerprint density at radius 1 is 0.952 bits per heavy atom. The van der Waals surface area contributed by atoms with Crippen LogP contribution in [0.3, 0.4) is 0 Å². The molecule has 3 nitrogen and oxygen atoms in total. The zero-order valence-electron chi connectivity index (χ0n) is 11.7. The molecule has 108 valence electrons. The van der Waals surface area contributed by atoms with E-state index in [2.05, 4.69) is 0 Å². The van der Waals surface area contributed by atoms with E-state index in [1.54, 1.807) is 11.8 Å². The Bertz CT molecular complexity index is 613. The Hall–Kier alpha value is -1.62. The van der Waals surface area contributed by atoms with Crippen molar-refractivity contribution in [3.63, 3.8) is 0 Å². The molecule has 3 rings (SSSR count). The van der Waals surface area contributed by atoms with E-state index in [1.165, 1.54) is 0 Å².